The van der Waals surface area contributed by atoms with Gasteiger partial charge in [-0.1, -0.05) is 25.4 Å². The standard InChI is InChI=1S/C20H23ClN2O4/c1-12(2)18(23-19(24)13-5-8-15(26-3)9-6-13)20(25)22-16-11-14(21)7-10-17(16)27-4/h5-12,18H,1-4H3,(H,22,25)(H,23,24)/t18-/m0/s1. The van der Waals surface area contributed by atoms with Gasteiger partial charge in [0.25, 0.3) is 5.91 Å². The minimum Gasteiger partial charge on any atom is -0.497 e. The zero-order valence-electron chi connectivity index (χ0n) is 15.7. The number of nitrogens with one attached hydrogen (secondary N) is 2. The summed E-state index contributed by atoms with van der Waals surface area (Å²) in [5.41, 5.74) is 0.883. The smallest absolute Gasteiger partial charge is 0.251 e. The van der Waals surface area contributed by atoms with Gasteiger partial charge in [-0.2, -0.15) is 0 Å². The van der Waals surface area contributed by atoms with E-state index < -0.39 is 6.04 Å². The number of methoxy groups -OCH3 is 2. The molecule has 7 heteroatoms. The molecular formula is C20H23ClN2O4. The van der Waals surface area contributed by atoms with Gasteiger partial charge in [0.2, 0.25) is 5.91 Å². The van der Waals surface area contributed by atoms with Gasteiger partial charge in [0.1, 0.15) is 17.5 Å². The highest BCUT2D eigenvalue weighted by atomic mass is 35.5. The van der Waals surface area contributed by atoms with E-state index in [4.69, 9.17) is 21.1 Å². The van der Waals surface area contributed by atoms with Crippen LogP contribution >= 0.6 is 11.6 Å². The van der Waals surface area contributed by atoms with Crippen LogP contribution < -0.4 is 20.1 Å². The molecule has 0 radical (unpaired) electrons. The zero-order chi connectivity index (χ0) is 20.0. The molecular weight excluding hydrogens is 368 g/mol. The number of ether oxygens (including phenoxy) is 2. The maximum absolute atomic E-state index is 12.8. The molecule has 27 heavy (non-hydrogen) atoms. The quantitative estimate of drug-likeness (QED) is 0.754. The van der Waals surface area contributed by atoms with Gasteiger partial charge >= 0.3 is 0 Å². The van der Waals surface area contributed by atoms with Gasteiger partial charge in [0.15, 0.2) is 0 Å². The maximum Gasteiger partial charge on any atom is 0.251 e. The lowest BCUT2D eigenvalue weighted by molar-refractivity contribution is -0.118. The van der Waals surface area contributed by atoms with Gasteiger partial charge in [0, 0.05) is 10.6 Å². The first-order valence-corrected chi connectivity index (χ1v) is 8.82. The second-order valence-electron chi connectivity index (χ2n) is 6.26. The molecule has 6 nitrogen and oxygen atoms in total. The number of carbonyl (C=O) groups is 2. The van der Waals surface area contributed by atoms with Gasteiger partial charge in [-0.05, 0) is 48.4 Å². The van der Waals surface area contributed by atoms with E-state index in [0.29, 0.717) is 27.8 Å². The zero-order valence-corrected chi connectivity index (χ0v) is 16.5. The minimum absolute atomic E-state index is 0.127. The molecule has 0 fully saturated rings. The van der Waals surface area contributed by atoms with Crippen LogP contribution in [-0.2, 0) is 4.79 Å². The number of carbonyl (C=O) groups excluding carboxylic acids is 2. The molecule has 1 atom stereocenters. The highest BCUT2D eigenvalue weighted by molar-refractivity contribution is 6.31. The van der Waals surface area contributed by atoms with E-state index >= 15 is 0 Å². The van der Waals surface area contributed by atoms with Crippen LogP contribution in [0, 0.1) is 5.92 Å². The van der Waals surface area contributed by atoms with Crippen molar-refractivity contribution in [2.24, 2.45) is 5.92 Å². The topological polar surface area (TPSA) is 76.7 Å². The molecule has 2 aromatic carbocycles. The fraction of sp³-hybridized carbons (Fsp3) is 0.300. The Kier molecular flexibility index (Phi) is 7.07. The summed E-state index contributed by atoms with van der Waals surface area (Å²) in [6, 6.07) is 10.9. The van der Waals surface area contributed by atoms with Crippen LogP contribution in [0.1, 0.15) is 24.2 Å². The van der Waals surface area contributed by atoms with Crippen molar-refractivity contribution in [2.45, 2.75) is 19.9 Å². The van der Waals surface area contributed by atoms with E-state index in [9.17, 15) is 9.59 Å². The molecule has 0 saturated carbocycles. The largest absolute Gasteiger partial charge is 0.497 e. The Balaban J connectivity index is 2.15. The summed E-state index contributed by atoms with van der Waals surface area (Å²) in [4.78, 5) is 25.3. The van der Waals surface area contributed by atoms with E-state index in [-0.39, 0.29) is 17.7 Å². The first kappa shape index (κ1) is 20.6. The van der Waals surface area contributed by atoms with Crippen LogP contribution in [0.25, 0.3) is 0 Å². The van der Waals surface area contributed by atoms with Crippen molar-refractivity contribution >= 4 is 29.1 Å². The van der Waals surface area contributed by atoms with Gasteiger partial charge in [-0.15, -0.1) is 0 Å². The van der Waals surface area contributed by atoms with Gasteiger partial charge in [-0.3, -0.25) is 9.59 Å². The summed E-state index contributed by atoms with van der Waals surface area (Å²) in [5, 5.41) is 6.02. The number of amides is 2. The Morgan fingerprint density at radius 2 is 1.67 bits per heavy atom. The van der Waals surface area contributed by atoms with Gasteiger partial charge < -0.3 is 20.1 Å². The summed E-state index contributed by atoms with van der Waals surface area (Å²) < 4.78 is 10.3. The molecule has 2 N–H and O–H groups in total. The van der Waals surface area contributed by atoms with Gasteiger partial charge in [0.05, 0.1) is 19.9 Å². The predicted molar refractivity (Wildman–Crippen MR) is 106 cm³/mol. The third kappa shape index (κ3) is 5.37. The molecule has 0 bridgehead atoms. The van der Waals surface area contributed by atoms with E-state index in [1.165, 1.54) is 7.11 Å². The highest BCUT2D eigenvalue weighted by Crippen LogP contribution is 2.28. The lowest BCUT2D eigenvalue weighted by Crippen LogP contribution is -2.47. The summed E-state index contributed by atoms with van der Waals surface area (Å²) in [6.07, 6.45) is 0. The molecule has 2 rings (SSSR count). The number of hydrogen-bond acceptors (Lipinski definition) is 4. The van der Waals surface area contributed by atoms with Crippen molar-refractivity contribution in [1.29, 1.82) is 0 Å². The van der Waals surface area contributed by atoms with E-state index in [2.05, 4.69) is 10.6 Å². The molecule has 0 heterocycles. The van der Waals surface area contributed by atoms with Crippen molar-refractivity contribution in [3.8, 4) is 11.5 Å². The number of rotatable bonds is 7. The third-order valence-electron chi connectivity index (χ3n) is 4.01. The Bertz CT molecular complexity index is 806. The Labute approximate surface area is 163 Å². The fourth-order valence-corrected chi connectivity index (χ4v) is 2.66. The molecule has 0 spiro atoms. The Hall–Kier alpha value is -2.73. The Morgan fingerprint density at radius 3 is 2.22 bits per heavy atom. The van der Waals surface area contributed by atoms with Crippen molar-refractivity contribution in [2.75, 3.05) is 19.5 Å². The molecule has 0 aliphatic heterocycles. The summed E-state index contributed by atoms with van der Waals surface area (Å²) >= 11 is 6.00. The Morgan fingerprint density at radius 1 is 1.00 bits per heavy atom. The summed E-state index contributed by atoms with van der Waals surface area (Å²) in [6.45, 7) is 3.71. The van der Waals surface area contributed by atoms with Crippen LogP contribution in [0.4, 0.5) is 5.69 Å². The summed E-state index contributed by atoms with van der Waals surface area (Å²) in [7, 11) is 3.06. The number of benzene rings is 2. The van der Waals surface area contributed by atoms with Crippen LogP contribution in [0.5, 0.6) is 11.5 Å². The number of hydrogen-bond donors (Lipinski definition) is 2. The second-order valence-corrected chi connectivity index (χ2v) is 6.69. The lowest BCUT2D eigenvalue weighted by Gasteiger charge is -2.22. The molecule has 0 aliphatic carbocycles. The number of halogens is 1. The molecule has 0 aromatic heterocycles. The van der Waals surface area contributed by atoms with Crippen molar-refractivity contribution in [3.63, 3.8) is 0 Å². The van der Waals surface area contributed by atoms with Crippen LogP contribution in [0.15, 0.2) is 42.5 Å². The maximum atomic E-state index is 12.8. The monoisotopic (exact) mass is 390 g/mol. The van der Waals surface area contributed by atoms with Crippen LogP contribution in [0.3, 0.4) is 0 Å². The third-order valence-corrected chi connectivity index (χ3v) is 4.24. The van der Waals surface area contributed by atoms with Crippen LogP contribution in [0.2, 0.25) is 5.02 Å². The normalized spacial score (nSPS) is 11.6. The number of anilines is 1. The van der Waals surface area contributed by atoms with E-state index in [1.54, 1.807) is 49.6 Å². The molecule has 2 amide bonds. The second kappa shape index (κ2) is 9.28. The van der Waals surface area contributed by atoms with Crippen LogP contribution in [-0.4, -0.2) is 32.1 Å². The van der Waals surface area contributed by atoms with E-state index in [1.807, 2.05) is 13.8 Å². The molecule has 144 valence electrons. The minimum atomic E-state index is -0.733. The van der Waals surface area contributed by atoms with Gasteiger partial charge in [-0.25, -0.2) is 0 Å². The van der Waals surface area contributed by atoms with E-state index in [0.717, 1.165) is 0 Å². The van der Waals surface area contributed by atoms with Crippen molar-refractivity contribution < 1.29 is 19.1 Å². The summed E-state index contributed by atoms with van der Waals surface area (Å²) in [5.74, 6) is 0.309. The molecule has 2 aromatic rings. The SMILES string of the molecule is COc1ccc(C(=O)N[C@H](C(=O)Nc2cc(Cl)ccc2OC)C(C)C)cc1. The van der Waals surface area contributed by atoms with Crippen molar-refractivity contribution in [1.82, 2.24) is 5.32 Å². The first-order chi connectivity index (χ1) is 12.8. The molecule has 0 aliphatic rings. The first-order valence-electron chi connectivity index (χ1n) is 8.45. The average Bonchev–Trinajstić information content (AvgIpc) is 2.65. The fourth-order valence-electron chi connectivity index (χ4n) is 2.49. The molecule has 0 saturated heterocycles. The molecule has 0 unspecified atom stereocenters. The lowest BCUT2D eigenvalue weighted by atomic mass is 10.0. The predicted octanol–water partition coefficient (Wildman–Crippen LogP) is 3.75. The highest BCUT2D eigenvalue weighted by Gasteiger charge is 2.25. The average molecular weight is 391 g/mol. The van der Waals surface area contributed by atoms with Crippen molar-refractivity contribution in [3.05, 3.63) is 53.1 Å².